The van der Waals surface area contributed by atoms with E-state index in [4.69, 9.17) is 5.11 Å². The highest BCUT2D eigenvalue weighted by Gasteiger charge is 2.22. The summed E-state index contributed by atoms with van der Waals surface area (Å²) in [5.41, 5.74) is 0. The Bertz CT molecular complexity index is 292. The number of hydrogen-bond acceptors (Lipinski definition) is 4. The predicted octanol–water partition coefficient (Wildman–Crippen LogP) is -0.227. The molecule has 0 aromatic rings. The molecule has 5 nitrogen and oxygen atoms in total. The summed E-state index contributed by atoms with van der Waals surface area (Å²) in [6, 6.07) is 0.322. The zero-order valence-corrected chi connectivity index (χ0v) is 10.7. The van der Waals surface area contributed by atoms with Gasteiger partial charge in [-0.15, -0.1) is 0 Å². The van der Waals surface area contributed by atoms with Crippen molar-refractivity contribution < 1.29 is 13.5 Å². The first-order valence-corrected chi connectivity index (χ1v) is 7.71. The molecule has 1 atom stereocenters. The quantitative estimate of drug-likeness (QED) is 0.613. The molecule has 1 aliphatic heterocycles. The number of aliphatic hydroxyl groups is 1. The van der Waals surface area contributed by atoms with Crippen molar-refractivity contribution >= 4 is 10.0 Å². The summed E-state index contributed by atoms with van der Waals surface area (Å²) in [6.07, 6.45) is 5.24. The first kappa shape index (κ1) is 13.9. The number of rotatable bonds is 7. The lowest BCUT2D eigenvalue weighted by Crippen LogP contribution is -2.33. The fourth-order valence-electron chi connectivity index (χ4n) is 2.09. The fourth-order valence-corrected chi connectivity index (χ4v) is 2.61. The first-order valence-electron chi connectivity index (χ1n) is 5.82. The molecule has 1 aliphatic rings. The Kier molecular flexibility index (Phi) is 5.68. The van der Waals surface area contributed by atoms with Crippen LogP contribution < -0.4 is 4.72 Å². The molecule has 0 spiro atoms. The highest BCUT2D eigenvalue weighted by atomic mass is 32.2. The van der Waals surface area contributed by atoms with E-state index in [1.165, 1.54) is 6.26 Å². The van der Waals surface area contributed by atoms with Crippen LogP contribution in [0.4, 0.5) is 0 Å². The summed E-state index contributed by atoms with van der Waals surface area (Å²) in [4.78, 5) is 2.29. The first-order chi connectivity index (χ1) is 7.53. The van der Waals surface area contributed by atoms with Gasteiger partial charge in [-0.3, -0.25) is 4.90 Å². The third-order valence-electron chi connectivity index (χ3n) is 2.95. The Labute approximate surface area is 97.9 Å². The Hall–Kier alpha value is -0.170. The molecule has 2 N–H and O–H groups in total. The van der Waals surface area contributed by atoms with Crippen molar-refractivity contribution in [3.8, 4) is 0 Å². The second-order valence-electron chi connectivity index (χ2n) is 4.39. The van der Waals surface area contributed by atoms with Crippen LogP contribution in [-0.4, -0.2) is 57.0 Å². The SMILES string of the molecule is CS(=O)(=O)NCCCCN1CCCC1CO. The van der Waals surface area contributed by atoms with E-state index in [9.17, 15) is 8.42 Å². The van der Waals surface area contributed by atoms with Gasteiger partial charge in [-0.2, -0.15) is 0 Å². The number of likely N-dealkylation sites (tertiary alicyclic amines) is 1. The van der Waals surface area contributed by atoms with Crippen molar-refractivity contribution in [2.24, 2.45) is 0 Å². The van der Waals surface area contributed by atoms with E-state index in [1.807, 2.05) is 0 Å². The molecule has 1 fully saturated rings. The third kappa shape index (κ3) is 5.25. The molecule has 1 rings (SSSR count). The summed E-state index contributed by atoms with van der Waals surface area (Å²) in [5, 5.41) is 9.11. The van der Waals surface area contributed by atoms with Gasteiger partial charge in [0.2, 0.25) is 10.0 Å². The minimum Gasteiger partial charge on any atom is -0.395 e. The molecule has 16 heavy (non-hydrogen) atoms. The number of unbranched alkanes of at least 4 members (excludes halogenated alkanes) is 1. The van der Waals surface area contributed by atoms with Crippen molar-refractivity contribution in [1.82, 2.24) is 9.62 Å². The maximum Gasteiger partial charge on any atom is 0.208 e. The molecule has 0 aromatic heterocycles. The van der Waals surface area contributed by atoms with Gasteiger partial charge in [-0.05, 0) is 38.8 Å². The zero-order chi connectivity index (χ0) is 12.0. The van der Waals surface area contributed by atoms with E-state index in [0.29, 0.717) is 12.6 Å². The maximum absolute atomic E-state index is 10.8. The lowest BCUT2D eigenvalue weighted by atomic mass is 10.2. The van der Waals surface area contributed by atoms with Gasteiger partial charge in [0.15, 0.2) is 0 Å². The summed E-state index contributed by atoms with van der Waals surface area (Å²) in [7, 11) is -3.04. The molecule has 6 heteroatoms. The molecule has 0 bridgehead atoms. The van der Waals surface area contributed by atoms with Gasteiger partial charge in [0.05, 0.1) is 12.9 Å². The van der Waals surface area contributed by atoms with Crippen LogP contribution >= 0.6 is 0 Å². The molecule has 0 aliphatic carbocycles. The smallest absolute Gasteiger partial charge is 0.208 e. The lowest BCUT2D eigenvalue weighted by Gasteiger charge is -2.22. The lowest BCUT2D eigenvalue weighted by molar-refractivity contribution is 0.157. The van der Waals surface area contributed by atoms with Crippen LogP contribution in [0.25, 0.3) is 0 Å². The van der Waals surface area contributed by atoms with Crippen LogP contribution in [0.3, 0.4) is 0 Å². The highest BCUT2D eigenvalue weighted by molar-refractivity contribution is 7.88. The molecule has 0 saturated carbocycles. The van der Waals surface area contributed by atoms with Crippen LogP contribution in [0, 0.1) is 0 Å². The summed E-state index contributed by atoms with van der Waals surface area (Å²) in [5.74, 6) is 0. The van der Waals surface area contributed by atoms with Crippen molar-refractivity contribution in [3.05, 3.63) is 0 Å². The average Bonchev–Trinajstić information content (AvgIpc) is 2.63. The summed E-state index contributed by atoms with van der Waals surface area (Å²) < 4.78 is 24.1. The van der Waals surface area contributed by atoms with E-state index in [-0.39, 0.29) is 6.61 Å². The monoisotopic (exact) mass is 250 g/mol. The Morgan fingerprint density at radius 3 is 2.81 bits per heavy atom. The van der Waals surface area contributed by atoms with E-state index in [1.54, 1.807) is 0 Å². The number of sulfonamides is 1. The Morgan fingerprint density at radius 2 is 2.19 bits per heavy atom. The number of hydrogen-bond donors (Lipinski definition) is 2. The molecule has 0 aromatic carbocycles. The Morgan fingerprint density at radius 1 is 1.44 bits per heavy atom. The van der Waals surface area contributed by atoms with Gasteiger partial charge in [0.25, 0.3) is 0 Å². The van der Waals surface area contributed by atoms with E-state index < -0.39 is 10.0 Å². The van der Waals surface area contributed by atoms with Gasteiger partial charge < -0.3 is 5.11 Å². The minimum atomic E-state index is -3.04. The zero-order valence-electron chi connectivity index (χ0n) is 9.85. The van der Waals surface area contributed by atoms with Crippen LogP contribution in [0.15, 0.2) is 0 Å². The van der Waals surface area contributed by atoms with E-state index >= 15 is 0 Å². The van der Waals surface area contributed by atoms with Gasteiger partial charge in [-0.1, -0.05) is 0 Å². The van der Waals surface area contributed by atoms with Crippen LogP contribution in [0.5, 0.6) is 0 Å². The molecular formula is C10H22N2O3S. The molecular weight excluding hydrogens is 228 g/mol. The fraction of sp³-hybridized carbons (Fsp3) is 1.00. The van der Waals surface area contributed by atoms with Gasteiger partial charge in [0, 0.05) is 12.6 Å². The van der Waals surface area contributed by atoms with E-state index in [2.05, 4.69) is 9.62 Å². The average molecular weight is 250 g/mol. The molecule has 96 valence electrons. The normalized spacial score (nSPS) is 22.8. The third-order valence-corrected chi connectivity index (χ3v) is 3.67. The molecule has 1 saturated heterocycles. The van der Waals surface area contributed by atoms with Crippen LogP contribution in [-0.2, 0) is 10.0 Å². The maximum atomic E-state index is 10.8. The summed E-state index contributed by atoms with van der Waals surface area (Å²) >= 11 is 0. The second kappa shape index (κ2) is 6.54. The van der Waals surface area contributed by atoms with Crippen LogP contribution in [0.2, 0.25) is 0 Å². The van der Waals surface area contributed by atoms with Crippen molar-refractivity contribution in [2.75, 3.05) is 32.5 Å². The van der Waals surface area contributed by atoms with Gasteiger partial charge in [0.1, 0.15) is 0 Å². The van der Waals surface area contributed by atoms with Crippen LogP contribution in [0.1, 0.15) is 25.7 Å². The number of nitrogens with one attached hydrogen (secondary N) is 1. The van der Waals surface area contributed by atoms with Crippen molar-refractivity contribution in [2.45, 2.75) is 31.7 Å². The van der Waals surface area contributed by atoms with Gasteiger partial charge >= 0.3 is 0 Å². The highest BCUT2D eigenvalue weighted by Crippen LogP contribution is 2.16. The van der Waals surface area contributed by atoms with Crippen molar-refractivity contribution in [3.63, 3.8) is 0 Å². The summed E-state index contributed by atoms with van der Waals surface area (Å²) in [6.45, 7) is 2.76. The second-order valence-corrected chi connectivity index (χ2v) is 6.22. The largest absolute Gasteiger partial charge is 0.395 e. The molecule has 0 radical (unpaired) electrons. The Balaban J connectivity index is 2.07. The molecule has 1 unspecified atom stereocenters. The number of aliphatic hydroxyl groups excluding tert-OH is 1. The topological polar surface area (TPSA) is 69.6 Å². The minimum absolute atomic E-state index is 0.238. The van der Waals surface area contributed by atoms with Crippen molar-refractivity contribution in [1.29, 1.82) is 0 Å². The predicted molar refractivity (Wildman–Crippen MR) is 63.8 cm³/mol. The standard InChI is InChI=1S/C10H22N2O3S/c1-16(14,15)11-6-2-3-7-12-8-4-5-10(12)9-13/h10-11,13H,2-9H2,1H3. The van der Waals surface area contributed by atoms with E-state index in [0.717, 1.165) is 38.8 Å². The number of nitrogens with zero attached hydrogens (tertiary/aromatic N) is 1. The van der Waals surface area contributed by atoms with Gasteiger partial charge in [-0.25, -0.2) is 13.1 Å². The molecule has 1 heterocycles. The molecule has 0 amide bonds.